The summed E-state index contributed by atoms with van der Waals surface area (Å²) in [6.07, 6.45) is 4.79. The van der Waals surface area contributed by atoms with Crippen LogP contribution in [0.2, 0.25) is 0 Å². The predicted octanol–water partition coefficient (Wildman–Crippen LogP) is 3.05. The van der Waals surface area contributed by atoms with Gasteiger partial charge in [0.15, 0.2) is 0 Å². The van der Waals surface area contributed by atoms with Crippen molar-refractivity contribution in [3.63, 3.8) is 0 Å². The van der Waals surface area contributed by atoms with Crippen molar-refractivity contribution >= 4 is 11.8 Å². The van der Waals surface area contributed by atoms with Gasteiger partial charge < -0.3 is 10.4 Å². The van der Waals surface area contributed by atoms with Crippen LogP contribution in [0.3, 0.4) is 0 Å². The van der Waals surface area contributed by atoms with Crippen molar-refractivity contribution in [3.8, 4) is 0 Å². The van der Waals surface area contributed by atoms with Crippen molar-refractivity contribution in [1.82, 2.24) is 5.32 Å². The lowest BCUT2D eigenvalue weighted by atomic mass is 9.96. The lowest BCUT2D eigenvalue weighted by Crippen LogP contribution is -2.45. The first kappa shape index (κ1) is 16.3. The number of likely N-dealkylation sites (N-methyl/N-ethyl adjacent to an activating group) is 1. The predicted molar refractivity (Wildman–Crippen MR) is 75.2 cm³/mol. The third kappa shape index (κ3) is 7.53. The highest BCUT2D eigenvalue weighted by Crippen LogP contribution is 2.18. The number of nitrogens with one attached hydrogen (secondary N) is 1. The Kier molecular flexibility index (Phi) is 9.47. The molecule has 0 spiro atoms. The summed E-state index contributed by atoms with van der Waals surface area (Å²) in [4.78, 5) is 0. The molecule has 16 heavy (non-hydrogen) atoms. The molecule has 0 fully saturated rings. The molecule has 0 aliphatic rings. The Bertz CT molecular complexity index is 166. The van der Waals surface area contributed by atoms with Crippen LogP contribution in [0, 0.1) is 0 Å². The number of unbranched alkanes of at least 4 members (excludes halogenated alkanes) is 1. The highest BCUT2D eigenvalue weighted by atomic mass is 32.2. The fourth-order valence-electron chi connectivity index (χ4n) is 1.67. The fourth-order valence-corrected chi connectivity index (χ4v) is 2.68. The second-order valence-corrected chi connectivity index (χ2v) is 6.34. The maximum atomic E-state index is 9.33. The van der Waals surface area contributed by atoms with Gasteiger partial charge in [-0.05, 0) is 38.5 Å². The Morgan fingerprint density at radius 2 is 2.00 bits per heavy atom. The zero-order valence-corrected chi connectivity index (χ0v) is 12.2. The maximum Gasteiger partial charge on any atom is 0.0610 e. The molecule has 2 N–H and O–H groups in total. The first-order chi connectivity index (χ1) is 7.58. The van der Waals surface area contributed by atoms with E-state index < -0.39 is 0 Å². The third-order valence-corrected chi connectivity index (χ3v) is 4.48. The monoisotopic (exact) mass is 247 g/mol. The Hall–Kier alpha value is 0.270. The van der Waals surface area contributed by atoms with Crippen LogP contribution in [0.4, 0.5) is 0 Å². The van der Waals surface area contributed by atoms with Gasteiger partial charge in [-0.25, -0.2) is 0 Å². The van der Waals surface area contributed by atoms with Crippen molar-refractivity contribution in [2.24, 2.45) is 0 Å². The molecule has 0 saturated carbocycles. The number of hydrogen-bond donors (Lipinski definition) is 2. The summed E-state index contributed by atoms with van der Waals surface area (Å²) in [6.45, 7) is 9.90. The van der Waals surface area contributed by atoms with Gasteiger partial charge in [0.05, 0.1) is 6.61 Å². The van der Waals surface area contributed by atoms with Gasteiger partial charge >= 0.3 is 0 Å². The average molecular weight is 247 g/mol. The highest BCUT2D eigenvalue weighted by molar-refractivity contribution is 7.99. The smallest absolute Gasteiger partial charge is 0.0610 e. The van der Waals surface area contributed by atoms with Gasteiger partial charge in [0.1, 0.15) is 0 Å². The van der Waals surface area contributed by atoms with E-state index in [9.17, 15) is 5.11 Å². The molecular weight excluding hydrogens is 218 g/mol. The number of hydrogen-bond acceptors (Lipinski definition) is 3. The molecule has 0 rings (SSSR count). The molecule has 0 aromatic carbocycles. The zero-order valence-electron chi connectivity index (χ0n) is 11.4. The molecule has 0 bridgehead atoms. The van der Waals surface area contributed by atoms with E-state index >= 15 is 0 Å². The molecule has 3 heteroatoms. The Balaban J connectivity index is 3.55. The lowest BCUT2D eigenvalue weighted by molar-refractivity contribution is 0.165. The van der Waals surface area contributed by atoms with E-state index in [1.165, 1.54) is 25.0 Å². The summed E-state index contributed by atoms with van der Waals surface area (Å²) >= 11 is 2.07. The Morgan fingerprint density at radius 1 is 1.31 bits per heavy atom. The molecule has 2 atom stereocenters. The standard InChI is InChI=1S/C13H29NOS/c1-5-12(3)16-10-8-7-9-13(4,11-15)14-6-2/h12,14-15H,5-11H2,1-4H3. The van der Waals surface area contributed by atoms with Crippen molar-refractivity contribution in [2.45, 2.75) is 64.2 Å². The van der Waals surface area contributed by atoms with Crippen LogP contribution in [-0.4, -0.2) is 34.8 Å². The van der Waals surface area contributed by atoms with Crippen LogP contribution < -0.4 is 5.32 Å². The number of rotatable bonds is 10. The minimum atomic E-state index is -0.0736. The van der Waals surface area contributed by atoms with Gasteiger partial charge in [0.2, 0.25) is 0 Å². The average Bonchev–Trinajstić information content (AvgIpc) is 2.28. The second-order valence-electron chi connectivity index (χ2n) is 4.80. The van der Waals surface area contributed by atoms with E-state index in [1.54, 1.807) is 0 Å². The van der Waals surface area contributed by atoms with Gasteiger partial charge in [-0.2, -0.15) is 11.8 Å². The minimum Gasteiger partial charge on any atom is -0.394 e. The maximum absolute atomic E-state index is 9.33. The number of thioether (sulfide) groups is 1. The molecule has 2 unspecified atom stereocenters. The topological polar surface area (TPSA) is 32.3 Å². The van der Waals surface area contributed by atoms with Crippen LogP contribution in [0.1, 0.15) is 53.4 Å². The largest absolute Gasteiger partial charge is 0.394 e. The highest BCUT2D eigenvalue weighted by Gasteiger charge is 2.20. The molecule has 2 nitrogen and oxygen atoms in total. The molecule has 0 radical (unpaired) electrons. The van der Waals surface area contributed by atoms with E-state index in [2.05, 4.69) is 44.8 Å². The van der Waals surface area contributed by atoms with Crippen LogP contribution in [-0.2, 0) is 0 Å². The first-order valence-electron chi connectivity index (χ1n) is 6.55. The minimum absolute atomic E-state index is 0.0736. The summed E-state index contributed by atoms with van der Waals surface area (Å²) in [5.41, 5.74) is -0.0736. The normalized spacial score (nSPS) is 17.1. The van der Waals surface area contributed by atoms with Crippen LogP contribution in [0.5, 0.6) is 0 Å². The summed E-state index contributed by atoms with van der Waals surface area (Å²) < 4.78 is 0. The summed E-state index contributed by atoms with van der Waals surface area (Å²) in [5.74, 6) is 1.25. The molecule has 0 heterocycles. The summed E-state index contributed by atoms with van der Waals surface area (Å²) in [6, 6.07) is 0. The van der Waals surface area contributed by atoms with Crippen LogP contribution in [0.25, 0.3) is 0 Å². The van der Waals surface area contributed by atoms with Crippen molar-refractivity contribution in [1.29, 1.82) is 0 Å². The molecule has 98 valence electrons. The molecular formula is C13H29NOS. The molecule has 0 saturated heterocycles. The van der Waals surface area contributed by atoms with Gasteiger partial charge in [-0.15, -0.1) is 0 Å². The van der Waals surface area contributed by atoms with Crippen LogP contribution in [0.15, 0.2) is 0 Å². The lowest BCUT2D eigenvalue weighted by Gasteiger charge is -2.28. The van der Waals surface area contributed by atoms with Crippen molar-refractivity contribution in [2.75, 3.05) is 18.9 Å². The first-order valence-corrected chi connectivity index (χ1v) is 7.60. The van der Waals surface area contributed by atoms with Gasteiger partial charge in [-0.3, -0.25) is 0 Å². The SMILES string of the molecule is CCNC(C)(CO)CCCCSC(C)CC. The molecule has 0 aliphatic heterocycles. The zero-order chi connectivity index (χ0) is 12.4. The third-order valence-electron chi connectivity index (χ3n) is 3.05. The Morgan fingerprint density at radius 3 is 2.50 bits per heavy atom. The molecule has 0 amide bonds. The number of aliphatic hydroxyl groups is 1. The van der Waals surface area contributed by atoms with Gasteiger partial charge in [0.25, 0.3) is 0 Å². The van der Waals surface area contributed by atoms with E-state index in [4.69, 9.17) is 0 Å². The summed E-state index contributed by atoms with van der Waals surface area (Å²) in [7, 11) is 0. The number of aliphatic hydroxyl groups excluding tert-OH is 1. The molecule has 0 aromatic heterocycles. The van der Waals surface area contributed by atoms with E-state index in [1.807, 2.05) is 0 Å². The quantitative estimate of drug-likeness (QED) is 0.582. The van der Waals surface area contributed by atoms with Crippen molar-refractivity contribution in [3.05, 3.63) is 0 Å². The van der Waals surface area contributed by atoms with Gasteiger partial charge in [-0.1, -0.05) is 27.2 Å². The molecule has 0 aromatic rings. The van der Waals surface area contributed by atoms with Crippen LogP contribution >= 0.6 is 11.8 Å². The Labute approximate surface area is 106 Å². The van der Waals surface area contributed by atoms with E-state index in [-0.39, 0.29) is 12.1 Å². The van der Waals surface area contributed by atoms with E-state index in [0.29, 0.717) is 0 Å². The molecule has 0 aliphatic carbocycles. The summed E-state index contributed by atoms with van der Waals surface area (Å²) in [5, 5.41) is 13.5. The van der Waals surface area contributed by atoms with E-state index in [0.717, 1.165) is 18.2 Å². The van der Waals surface area contributed by atoms with Crippen molar-refractivity contribution < 1.29 is 5.11 Å². The second kappa shape index (κ2) is 9.32. The fraction of sp³-hybridized carbons (Fsp3) is 1.00. The van der Waals surface area contributed by atoms with Gasteiger partial charge in [0, 0.05) is 10.8 Å².